The Bertz CT molecular complexity index is 879. The Morgan fingerprint density at radius 3 is 2.27 bits per heavy atom. The van der Waals surface area contributed by atoms with Crippen LogP contribution in [-0.2, 0) is 40.0 Å². The zero-order chi connectivity index (χ0) is 22.9. The van der Waals surface area contributed by atoms with Crippen LogP contribution in [0, 0.1) is 0 Å². The molecule has 0 fully saturated rings. The summed E-state index contributed by atoms with van der Waals surface area (Å²) in [5.41, 5.74) is 5.86. The number of imide groups is 1. The van der Waals surface area contributed by atoms with Crippen LogP contribution in [0.3, 0.4) is 0 Å². The van der Waals surface area contributed by atoms with Crippen molar-refractivity contribution in [2.75, 3.05) is 12.9 Å². The molecule has 30 heavy (non-hydrogen) atoms. The van der Waals surface area contributed by atoms with Gasteiger partial charge in [-0.1, -0.05) is 30.3 Å². The van der Waals surface area contributed by atoms with Gasteiger partial charge in [-0.15, -0.1) is 0 Å². The van der Waals surface area contributed by atoms with E-state index in [-0.39, 0.29) is 11.0 Å². The molecule has 0 spiro atoms. The molecule has 2 atom stereocenters. The molecule has 0 aliphatic carbocycles. The van der Waals surface area contributed by atoms with Gasteiger partial charge in [-0.2, -0.15) is 12.8 Å². The summed E-state index contributed by atoms with van der Waals surface area (Å²) >= 11 is 5.38. The molecule has 0 saturated heterocycles. The summed E-state index contributed by atoms with van der Waals surface area (Å²) in [6, 6.07) is 6.79. The van der Waals surface area contributed by atoms with Crippen LogP contribution in [0.1, 0.15) is 12.5 Å². The maximum Gasteiger partial charge on any atom is 0.431 e. The lowest BCUT2D eigenvalue weighted by molar-refractivity contribution is -0.125. The van der Waals surface area contributed by atoms with E-state index in [0.29, 0.717) is 11.8 Å². The third-order valence-electron chi connectivity index (χ3n) is 3.27. The highest BCUT2D eigenvalue weighted by molar-refractivity contribution is 7.86. The number of carbonyl (C=O) groups excluding carboxylic acids is 4. The van der Waals surface area contributed by atoms with Crippen molar-refractivity contribution in [3.05, 3.63) is 35.9 Å². The SMILES string of the molecule is CC(=O)N(Cl)C(=O)OC[C@@H](OS(C)(=O)=O)[C@H](NC(=O)OCc1ccccc1)C(N)=O. The molecule has 14 heteroatoms. The van der Waals surface area contributed by atoms with Gasteiger partial charge in [0.2, 0.25) is 11.8 Å². The maximum atomic E-state index is 12.0. The van der Waals surface area contributed by atoms with Crippen molar-refractivity contribution in [2.24, 2.45) is 5.73 Å². The fourth-order valence-electron chi connectivity index (χ4n) is 1.98. The number of rotatable bonds is 9. The standard InChI is InChI=1S/C16H20ClN3O9S/c1-10(21)20(17)16(24)28-9-12(29-30(2,25)26)13(14(18)22)19-15(23)27-8-11-6-4-3-5-7-11/h3-7,12-13H,8-9H2,1-2H3,(H2,18,22)(H,19,23)/t12-,13+/m1/s1. The summed E-state index contributed by atoms with van der Waals surface area (Å²) in [7, 11) is -4.18. The smallest absolute Gasteiger partial charge is 0.431 e. The number of ether oxygens (including phenoxy) is 2. The summed E-state index contributed by atoms with van der Waals surface area (Å²) in [5.74, 6) is -2.08. The van der Waals surface area contributed by atoms with Crippen LogP contribution >= 0.6 is 11.8 Å². The quantitative estimate of drug-likeness (QED) is 0.383. The molecule has 0 unspecified atom stereocenters. The second-order valence-electron chi connectivity index (χ2n) is 5.80. The molecule has 0 radical (unpaired) electrons. The molecule has 1 aromatic rings. The van der Waals surface area contributed by atoms with Crippen molar-refractivity contribution in [3.8, 4) is 0 Å². The van der Waals surface area contributed by atoms with Crippen LogP contribution < -0.4 is 11.1 Å². The number of primary amides is 1. The average molecular weight is 466 g/mol. The highest BCUT2D eigenvalue weighted by Crippen LogP contribution is 2.09. The van der Waals surface area contributed by atoms with Gasteiger partial charge in [-0.05, 0) is 5.56 Å². The van der Waals surface area contributed by atoms with Crippen molar-refractivity contribution < 1.29 is 41.3 Å². The summed E-state index contributed by atoms with van der Waals surface area (Å²) in [4.78, 5) is 46.5. The number of hydrogen-bond donors (Lipinski definition) is 2. The molecule has 0 heterocycles. The van der Waals surface area contributed by atoms with Gasteiger partial charge < -0.3 is 20.5 Å². The van der Waals surface area contributed by atoms with Crippen LogP contribution in [0.25, 0.3) is 0 Å². The number of alkyl carbamates (subject to hydrolysis) is 1. The highest BCUT2D eigenvalue weighted by atomic mass is 35.5. The number of hydrogen-bond acceptors (Lipinski definition) is 9. The van der Waals surface area contributed by atoms with Gasteiger partial charge in [0.15, 0.2) is 0 Å². The fraction of sp³-hybridized carbons (Fsp3) is 0.375. The van der Waals surface area contributed by atoms with Gasteiger partial charge in [0.1, 0.15) is 25.4 Å². The van der Waals surface area contributed by atoms with Crippen LogP contribution in [-0.4, -0.2) is 61.8 Å². The lowest BCUT2D eigenvalue weighted by Crippen LogP contribution is -2.55. The molecular formula is C16H20ClN3O9S. The Balaban J connectivity index is 2.87. The summed E-state index contributed by atoms with van der Waals surface area (Å²) in [6.07, 6.45) is -3.57. The van der Waals surface area contributed by atoms with E-state index in [9.17, 15) is 27.6 Å². The van der Waals surface area contributed by atoms with Crippen molar-refractivity contribution in [2.45, 2.75) is 25.7 Å². The van der Waals surface area contributed by atoms with E-state index in [0.717, 1.165) is 6.92 Å². The number of nitrogens with two attached hydrogens (primary N) is 1. The topological polar surface area (TPSA) is 171 Å². The monoisotopic (exact) mass is 465 g/mol. The Hall–Kier alpha value is -2.90. The summed E-state index contributed by atoms with van der Waals surface area (Å²) in [6.45, 7) is -0.0746. The highest BCUT2D eigenvalue weighted by Gasteiger charge is 2.34. The maximum absolute atomic E-state index is 12.0. The first-order chi connectivity index (χ1) is 13.9. The van der Waals surface area contributed by atoms with Gasteiger partial charge in [0.25, 0.3) is 10.1 Å². The number of nitrogens with zero attached hydrogens (tertiary/aromatic N) is 1. The molecule has 0 saturated carbocycles. The Morgan fingerprint density at radius 2 is 1.77 bits per heavy atom. The van der Waals surface area contributed by atoms with Crippen LogP contribution in [0.15, 0.2) is 30.3 Å². The Labute approximate surface area is 177 Å². The normalized spacial score (nSPS) is 12.9. The first-order valence-corrected chi connectivity index (χ1v) is 10.3. The van der Waals surface area contributed by atoms with Crippen molar-refractivity contribution in [1.29, 1.82) is 0 Å². The molecule has 0 aliphatic rings. The second-order valence-corrected chi connectivity index (χ2v) is 7.74. The Morgan fingerprint density at radius 1 is 1.17 bits per heavy atom. The molecule has 12 nitrogen and oxygen atoms in total. The molecule has 3 N–H and O–H groups in total. The average Bonchev–Trinajstić information content (AvgIpc) is 2.66. The zero-order valence-corrected chi connectivity index (χ0v) is 17.5. The van der Waals surface area contributed by atoms with E-state index in [2.05, 4.69) is 10.1 Å². The van der Waals surface area contributed by atoms with E-state index in [1.54, 1.807) is 30.3 Å². The first kappa shape index (κ1) is 25.1. The molecule has 1 rings (SSSR count). The van der Waals surface area contributed by atoms with Crippen LogP contribution in [0.4, 0.5) is 9.59 Å². The van der Waals surface area contributed by atoms with Crippen LogP contribution in [0.5, 0.6) is 0 Å². The zero-order valence-electron chi connectivity index (χ0n) is 15.9. The molecule has 0 aromatic heterocycles. The van der Waals surface area contributed by atoms with Gasteiger partial charge in [-0.25, -0.2) is 9.59 Å². The molecular weight excluding hydrogens is 446 g/mol. The van der Waals surface area contributed by atoms with Crippen LogP contribution in [0.2, 0.25) is 0 Å². The van der Waals surface area contributed by atoms with E-state index in [1.165, 1.54) is 0 Å². The number of halogens is 1. The second kappa shape index (κ2) is 11.3. The van der Waals surface area contributed by atoms with Gasteiger partial charge in [0, 0.05) is 18.7 Å². The largest absolute Gasteiger partial charge is 0.445 e. The van der Waals surface area contributed by atoms with Gasteiger partial charge in [0.05, 0.1) is 6.26 Å². The lowest BCUT2D eigenvalue weighted by Gasteiger charge is -2.24. The molecule has 166 valence electrons. The number of carbonyl (C=O) groups is 4. The van der Waals surface area contributed by atoms with Crippen molar-refractivity contribution in [1.82, 2.24) is 9.74 Å². The van der Waals surface area contributed by atoms with Crippen molar-refractivity contribution >= 4 is 45.9 Å². The third-order valence-corrected chi connectivity index (χ3v) is 4.24. The van der Waals surface area contributed by atoms with E-state index in [1.807, 2.05) is 0 Å². The summed E-state index contributed by atoms with van der Waals surface area (Å²) in [5, 5.41) is 2.06. The molecule has 0 bridgehead atoms. The fourth-order valence-corrected chi connectivity index (χ4v) is 2.65. The van der Waals surface area contributed by atoms with Gasteiger partial charge in [-0.3, -0.25) is 13.8 Å². The van der Waals surface area contributed by atoms with Gasteiger partial charge >= 0.3 is 12.2 Å². The number of amides is 4. The number of nitrogens with one attached hydrogen (secondary N) is 1. The minimum atomic E-state index is -4.18. The predicted molar refractivity (Wildman–Crippen MR) is 102 cm³/mol. The van der Waals surface area contributed by atoms with E-state index >= 15 is 0 Å². The van der Waals surface area contributed by atoms with E-state index in [4.69, 9.17) is 26.4 Å². The first-order valence-electron chi connectivity index (χ1n) is 8.18. The minimum Gasteiger partial charge on any atom is -0.445 e. The summed E-state index contributed by atoms with van der Waals surface area (Å²) < 4.78 is 37.4. The molecule has 0 aliphatic heterocycles. The van der Waals surface area contributed by atoms with E-state index < -0.39 is 52.9 Å². The third kappa shape index (κ3) is 9.07. The number of benzene rings is 1. The molecule has 4 amide bonds. The Kier molecular flexibility index (Phi) is 9.49. The van der Waals surface area contributed by atoms with Crippen molar-refractivity contribution in [3.63, 3.8) is 0 Å². The minimum absolute atomic E-state index is 0.0817. The predicted octanol–water partition coefficient (Wildman–Crippen LogP) is 0.250. The lowest BCUT2D eigenvalue weighted by atomic mass is 10.1. The molecule has 1 aromatic carbocycles.